The lowest BCUT2D eigenvalue weighted by atomic mass is 10.1. The van der Waals surface area contributed by atoms with Crippen LogP contribution in [-0.4, -0.2) is 73.0 Å². The van der Waals surface area contributed by atoms with Crippen molar-refractivity contribution in [3.8, 4) is 0 Å². The standard InChI is InChI=1S/C22H35N5O2/c1-3-23-22(26-14-10-19(11-15-26)29-17-7-16-28-2)24-12-6-13-27-18-25-20-8-4-5-9-21(20)27/h4-5,8-9,18-19H,3,6-7,10-17H2,1-2H3,(H,23,24). The second-order valence-electron chi connectivity index (χ2n) is 7.42. The second-order valence-corrected chi connectivity index (χ2v) is 7.42. The smallest absolute Gasteiger partial charge is 0.193 e. The molecule has 2 heterocycles. The molecule has 160 valence electrons. The first-order valence-electron chi connectivity index (χ1n) is 10.9. The van der Waals surface area contributed by atoms with Crippen molar-refractivity contribution in [2.75, 3.05) is 46.5 Å². The molecule has 1 N–H and O–H groups in total. The zero-order valence-electron chi connectivity index (χ0n) is 17.8. The quantitative estimate of drug-likeness (QED) is 0.377. The number of para-hydroxylation sites is 2. The monoisotopic (exact) mass is 401 g/mol. The summed E-state index contributed by atoms with van der Waals surface area (Å²) in [6.07, 6.45) is 6.36. The Kier molecular flexibility index (Phi) is 8.77. The zero-order valence-corrected chi connectivity index (χ0v) is 17.8. The van der Waals surface area contributed by atoms with Crippen LogP contribution in [0.1, 0.15) is 32.6 Å². The van der Waals surface area contributed by atoms with Gasteiger partial charge < -0.3 is 24.3 Å². The van der Waals surface area contributed by atoms with Gasteiger partial charge in [0.05, 0.1) is 23.5 Å². The lowest BCUT2D eigenvalue weighted by Gasteiger charge is -2.34. The number of aromatic nitrogens is 2. The highest BCUT2D eigenvalue weighted by Gasteiger charge is 2.21. The van der Waals surface area contributed by atoms with E-state index in [-0.39, 0.29) is 0 Å². The van der Waals surface area contributed by atoms with Gasteiger partial charge in [-0.15, -0.1) is 0 Å². The Morgan fingerprint density at radius 1 is 1.21 bits per heavy atom. The van der Waals surface area contributed by atoms with Crippen LogP contribution in [-0.2, 0) is 16.0 Å². The van der Waals surface area contributed by atoms with E-state index >= 15 is 0 Å². The van der Waals surface area contributed by atoms with Gasteiger partial charge in [-0.1, -0.05) is 12.1 Å². The summed E-state index contributed by atoms with van der Waals surface area (Å²) in [6.45, 7) is 8.29. The van der Waals surface area contributed by atoms with E-state index in [2.05, 4.69) is 44.9 Å². The van der Waals surface area contributed by atoms with Gasteiger partial charge in [-0.05, 0) is 44.7 Å². The third kappa shape index (κ3) is 6.44. The van der Waals surface area contributed by atoms with Crippen LogP contribution in [0.5, 0.6) is 0 Å². The van der Waals surface area contributed by atoms with E-state index in [1.807, 2.05) is 12.4 Å². The number of piperidine rings is 1. The first kappa shape index (κ1) is 21.6. The van der Waals surface area contributed by atoms with Crippen molar-refractivity contribution >= 4 is 17.0 Å². The normalized spacial score (nSPS) is 15.9. The number of methoxy groups -OCH3 is 1. The van der Waals surface area contributed by atoms with E-state index in [0.29, 0.717) is 6.10 Å². The molecule has 1 aliphatic heterocycles. The molecule has 7 nitrogen and oxygen atoms in total. The van der Waals surface area contributed by atoms with Crippen molar-refractivity contribution in [3.63, 3.8) is 0 Å². The van der Waals surface area contributed by atoms with Crippen LogP contribution in [0.2, 0.25) is 0 Å². The van der Waals surface area contributed by atoms with E-state index < -0.39 is 0 Å². The van der Waals surface area contributed by atoms with Crippen LogP contribution in [0.15, 0.2) is 35.6 Å². The second kappa shape index (κ2) is 11.8. The topological polar surface area (TPSA) is 63.9 Å². The highest BCUT2D eigenvalue weighted by atomic mass is 16.5. The number of benzene rings is 1. The number of fused-ring (bicyclic) bond motifs is 1. The molecule has 1 fully saturated rings. The maximum Gasteiger partial charge on any atom is 0.193 e. The average molecular weight is 402 g/mol. The minimum Gasteiger partial charge on any atom is -0.385 e. The van der Waals surface area contributed by atoms with Gasteiger partial charge in [-0.25, -0.2) is 4.98 Å². The number of ether oxygens (including phenoxy) is 2. The molecule has 0 amide bonds. The SMILES string of the molecule is CCNC(=NCCCn1cnc2ccccc21)N1CCC(OCCCOC)CC1. The molecule has 29 heavy (non-hydrogen) atoms. The van der Waals surface area contributed by atoms with E-state index in [1.54, 1.807) is 7.11 Å². The molecule has 0 saturated carbocycles. The molecule has 0 unspecified atom stereocenters. The summed E-state index contributed by atoms with van der Waals surface area (Å²) in [5, 5.41) is 3.45. The van der Waals surface area contributed by atoms with Crippen LogP contribution >= 0.6 is 0 Å². The number of hydrogen-bond acceptors (Lipinski definition) is 4. The van der Waals surface area contributed by atoms with Crippen LogP contribution < -0.4 is 5.32 Å². The fourth-order valence-electron chi connectivity index (χ4n) is 3.73. The summed E-state index contributed by atoms with van der Waals surface area (Å²) < 4.78 is 13.3. The summed E-state index contributed by atoms with van der Waals surface area (Å²) in [5.74, 6) is 1.03. The summed E-state index contributed by atoms with van der Waals surface area (Å²) in [4.78, 5) is 11.7. The van der Waals surface area contributed by atoms with Gasteiger partial charge in [-0.3, -0.25) is 4.99 Å². The Morgan fingerprint density at radius 3 is 2.83 bits per heavy atom. The number of likely N-dealkylation sites (tertiary alicyclic amines) is 1. The fourth-order valence-corrected chi connectivity index (χ4v) is 3.73. The molecule has 1 saturated heterocycles. The van der Waals surface area contributed by atoms with Crippen LogP contribution in [0.3, 0.4) is 0 Å². The zero-order chi connectivity index (χ0) is 20.3. The first-order chi connectivity index (χ1) is 14.3. The maximum absolute atomic E-state index is 5.97. The molecule has 0 bridgehead atoms. The number of aryl methyl sites for hydroxylation is 1. The van der Waals surface area contributed by atoms with E-state index in [4.69, 9.17) is 14.5 Å². The summed E-state index contributed by atoms with van der Waals surface area (Å²) in [6, 6.07) is 8.27. The maximum atomic E-state index is 5.97. The summed E-state index contributed by atoms with van der Waals surface area (Å²) in [7, 11) is 1.73. The van der Waals surface area contributed by atoms with Gasteiger partial charge in [0.1, 0.15) is 0 Å². The molecular formula is C22H35N5O2. The number of guanidine groups is 1. The third-order valence-corrected chi connectivity index (χ3v) is 5.27. The molecule has 1 aromatic heterocycles. The van der Waals surface area contributed by atoms with Gasteiger partial charge in [0, 0.05) is 53.0 Å². The minimum absolute atomic E-state index is 0.362. The molecule has 1 aromatic carbocycles. The highest BCUT2D eigenvalue weighted by Crippen LogP contribution is 2.15. The first-order valence-corrected chi connectivity index (χ1v) is 10.9. The lowest BCUT2D eigenvalue weighted by molar-refractivity contribution is 0.00990. The molecule has 0 radical (unpaired) electrons. The Hall–Kier alpha value is -2.12. The molecule has 3 rings (SSSR count). The molecular weight excluding hydrogens is 366 g/mol. The van der Waals surface area contributed by atoms with Crippen molar-refractivity contribution in [1.29, 1.82) is 0 Å². The lowest BCUT2D eigenvalue weighted by Crippen LogP contribution is -2.47. The number of nitrogens with zero attached hydrogens (tertiary/aromatic N) is 4. The summed E-state index contributed by atoms with van der Waals surface area (Å²) in [5.41, 5.74) is 2.24. The Bertz CT molecular complexity index is 752. The molecule has 0 spiro atoms. The fraction of sp³-hybridized carbons (Fsp3) is 0.636. The third-order valence-electron chi connectivity index (χ3n) is 5.27. The number of aliphatic imine (C=N–C) groups is 1. The van der Waals surface area contributed by atoms with E-state index in [0.717, 1.165) is 83.1 Å². The highest BCUT2D eigenvalue weighted by molar-refractivity contribution is 5.80. The Labute approximate surface area is 174 Å². The van der Waals surface area contributed by atoms with Crippen LogP contribution in [0.4, 0.5) is 0 Å². The largest absolute Gasteiger partial charge is 0.385 e. The predicted molar refractivity (Wildman–Crippen MR) is 117 cm³/mol. The number of imidazole rings is 1. The molecule has 2 aromatic rings. The minimum atomic E-state index is 0.362. The number of hydrogen-bond donors (Lipinski definition) is 1. The van der Waals surface area contributed by atoms with Crippen LogP contribution in [0, 0.1) is 0 Å². The van der Waals surface area contributed by atoms with Gasteiger partial charge in [-0.2, -0.15) is 0 Å². The predicted octanol–water partition coefficient (Wildman–Crippen LogP) is 2.91. The number of rotatable bonds is 10. The Balaban J connectivity index is 1.44. The van der Waals surface area contributed by atoms with Gasteiger partial charge >= 0.3 is 0 Å². The van der Waals surface area contributed by atoms with Crippen molar-refractivity contribution < 1.29 is 9.47 Å². The van der Waals surface area contributed by atoms with Crippen molar-refractivity contribution in [3.05, 3.63) is 30.6 Å². The van der Waals surface area contributed by atoms with Gasteiger partial charge in [0.2, 0.25) is 0 Å². The summed E-state index contributed by atoms with van der Waals surface area (Å²) >= 11 is 0. The van der Waals surface area contributed by atoms with Crippen molar-refractivity contribution in [1.82, 2.24) is 19.8 Å². The van der Waals surface area contributed by atoms with E-state index in [1.165, 1.54) is 5.52 Å². The molecule has 7 heteroatoms. The van der Waals surface area contributed by atoms with Gasteiger partial charge in [0.25, 0.3) is 0 Å². The number of nitrogens with one attached hydrogen (secondary N) is 1. The Morgan fingerprint density at radius 2 is 2.03 bits per heavy atom. The van der Waals surface area contributed by atoms with Crippen molar-refractivity contribution in [2.45, 2.75) is 45.3 Å². The molecule has 0 atom stereocenters. The van der Waals surface area contributed by atoms with Gasteiger partial charge in [0.15, 0.2) is 5.96 Å². The molecule has 0 aliphatic carbocycles. The molecule has 1 aliphatic rings. The van der Waals surface area contributed by atoms with Crippen LogP contribution in [0.25, 0.3) is 11.0 Å². The average Bonchev–Trinajstić information content (AvgIpc) is 3.17. The van der Waals surface area contributed by atoms with Crippen molar-refractivity contribution in [2.24, 2.45) is 4.99 Å². The van der Waals surface area contributed by atoms with E-state index in [9.17, 15) is 0 Å².